The average molecular weight is 255 g/mol. The van der Waals surface area contributed by atoms with E-state index in [1.807, 2.05) is 0 Å². The molecule has 0 N–H and O–H groups in total. The molecule has 0 aromatic rings. The second-order valence-corrected chi connectivity index (χ2v) is 4.42. The van der Waals surface area contributed by atoms with Gasteiger partial charge in [-0.15, -0.1) is 11.6 Å². The van der Waals surface area contributed by atoms with Crippen molar-refractivity contribution in [2.45, 2.75) is 13.3 Å². The summed E-state index contributed by atoms with van der Waals surface area (Å²) in [6.45, 7) is 5.42. The topological polar surface area (TPSA) is 44.8 Å². The Morgan fingerprint density at radius 1 is 1.40 bits per heavy atom. The summed E-state index contributed by atoms with van der Waals surface area (Å²) in [7, 11) is 2.73. The molecule has 0 aliphatic rings. The number of hydrogen-bond donors (Lipinski definition) is 0. The summed E-state index contributed by atoms with van der Waals surface area (Å²) in [4.78, 5) is 10.7. The summed E-state index contributed by atoms with van der Waals surface area (Å²) >= 11 is 5.35. The van der Waals surface area contributed by atoms with Crippen LogP contribution in [0, 0.1) is 0 Å². The fraction of sp³-hybridized carbons (Fsp3) is 0.667. The molecule has 0 atom stereocenters. The van der Waals surface area contributed by atoms with Crippen molar-refractivity contribution in [1.82, 2.24) is 0 Å². The molecule has 0 heterocycles. The van der Waals surface area contributed by atoms with E-state index in [9.17, 15) is 4.79 Å². The van der Waals surface area contributed by atoms with Gasteiger partial charge in [0.2, 0.25) is 0 Å². The van der Waals surface area contributed by atoms with Crippen LogP contribution in [0.25, 0.3) is 0 Å². The number of halogens is 1. The molecule has 6 heteroatoms. The van der Waals surface area contributed by atoms with Crippen LogP contribution in [0.15, 0.2) is 12.2 Å². The summed E-state index contributed by atoms with van der Waals surface area (Å²) in [5.41, 5.74) is 0.426. The van der Waals surface area contributed by atoms with Crippen molar-refractivity contribution in [2.75, 3.05) is 26.7 Å². The van der Waals surface area contributed by atoms with Gasteiger partial charge in [-0.25, -0.2) is 4.79 Å². The Kier molecular flexibility index (Phi) is 15.5. The van der Waals surface area contributed by atoms with Gasteiger partial charge in [0.05, 0.1) is 6.61 Å². The van der Waals surface area contributed by atoms with Crippen LogP contribution in [0.5, 0.6) is 0 Å². The number of esters is 1. The van der Waals surface area contributed by atoms with E-state index in [1.165, 1.54) is 0 Å². The molecule has 0 saturated heterocycles. The van der Waals surface area contributed by atoms with Crippen LogP contribution in [0.2, 0.25) is 0 Å². The Morgan fingerprint density at radius 3 is 2.20 bits per heavy atom. The van der Waals surface area contributed by atoms with Crippen molar-refractivity contribution in [3.63, 3.8) is 0 Å². The normalized spacial score (nSPS) is 8.80. The molecule has 4 nitrogen and oxygen atoms in total. The number of hydrogen-bond acceptors (Lipinski definition) is 4. The highest BCUT2D eigenvalue weighted by atomic mass is 35.5. The molecule has 0 amide bonds. The Morgan fingerprint density at radius 2 is 1.93 bits per heavy atom. The highest BCUT2D eigenvalue weighted by molar-refractivity contribution is 6.17. The largest absolute Gasteiger partial charge is 0.462 e. The summed E-state index contributed by atoms with van der Waals surface area (Å²) in [6.07, 6.45) is 0.695. The minimum Gasteiger partial charge on any atom is -0.462 e. The molecule has 15 heavy (non-hydrogen) atoms. The van der Waals surface area contributed by atoms with Gasteiger partial charge in [-0.2, -0.15) is 0 Å². The number of alkyl halides is 1. The van der Waals surface area contributed by atoms with Crippen LogP contribution in [0.4, 0.5) is 0 Å². The molecule has 0 aliphatic heterocycles. The number of carbonyl (C=O) groups is 1. The Labute approximate surface area is 98.6 Å². The first-order valence-electron chi connectivity index (χ1n) is 4.46. The third-order valence-corrected chi connectivity index (χ3v) is 1.83. The molecule has 0 bridgehead atoms. The maximum Gasteiger partial charge on any atom is 0.333 e. The minimum atomic E-state index is -0.568. The number of ether oxygens (including phenoxy) is 1. The van der Waals surface area contributed by atoms with Crippen LogP contribution in [-0.2, 0) is 18.4 Å². The molecular weight excluding hydrogens is 236 g/mol. The minimum absolute atomic E-state index is 0.342. The lowest BCUT2D eigenvalue weighted by Gasteiger charge is -2.00. The molecule has 0 aliphatic carbocycles. The van der Waals surface area contributed by atoms with E-state index in [1.54, 1.807) is 21.1 Å². The fourth-order valence-corrected chi connectivity index (χ4v) is 0.805. The zero-order chi connectivity index (χ0) is 12.1. The van der Waals surface area contributed by atoms with Gasteiger partial charge < -0.3 is 13.6 Å². The van der Waals surface area contributed by atoms with E-state index in [2.05, 4.69) is 15.4 Å². The summed E-state index contributed by atoms with van der Waals surface area (Å²) in [5, 5.41) is 0. The Balaban J connectivity index is 0. The van der Waals surface area contributed by atoms with Crippen LogP contribution >= 0.6 is 11.6 Å². The number of carbonyl (C=O) groups excluding carboxylic acids is 1. The van der Waals surface area contributed by atoms with E-state index in [0.29, 0.717) is 24.5 Å². The van der Waals surface area contributed by atoms with Crippen LogP contribution in [0.1, 0.15) is 13.3 Å². The molecule has 0 fully saturated rings. The van der Waals surface area contributed by atoms with Crippen molar-refractivity contribution in [2.24, 2.45) is 0 Å². The Hall–Kier alpha value is -0.363. The maximum atomic E-state index is 10.7. The zero-order valence-electron chi connectivity index (χ0n) is 9.55. The van der Waals surface area contributed by atoms with Gasteiger partial charge in [0.25, 0.3) is 0 Å². The van der Waals surface area contributed by atoms with E-state index in [0.717, 1.165) is 0 Å². The summed E-state index contributed by atoms with van der Waals surface area (Å²) < 4.78 is 13.9. The van der Waals surface area contributed by atoms with Gasteiger partial charge in [0.15, 0.2) is 0 Å². The standard InChI is InChI=1S/C7H11ClO2.C2H8O2Si/c1-6(2)7(9)10-5-3-4-8;1-3-5-4-2/h1,3-5H2,2H3;5H2,1-2H3. The Bertz CT molecular complexity index is 173. The first-order chi connectivity index (χ1) is 7.09. The number of rotatable bonds is 6. The fourth-order valence-electron chi connectivity index (χ4n) is 0.460. The molecule has 90 valence electrons. The second-order valence-electron chi connectivity index (χ2n) is 2.65. The molecule has 0 rings (SSSR count). The molecule has 0 radical (unpaired) electrons. The molecule has 0 unspecified atom stereocenters. The molecule has 0 saturated carbocycles. The molecular formula is C9H19ClO4Si. The first-order valence-corrected chi connectivity index (χ1v) is 6.15. The SMILES string of the molecule is C=C(C)C(=O)OCCCCl.CO[SiH2]OC. The van der Waals surface area contributed by atoms with Gasteiger partial charge >= 0.3 is 16.0 Å². The molecule has 0 aromatic heterocycles. The average Bonchev–Trinajstić information content (AvgIpc) is 2.20. The van der Waals surface area contributed by atoms with Gasteiger partial charge in [-0.05, 0) is 13.3 Å². The second kappa shape index (κ2) is 13.6. The maximum absolute atomic E-state index is 10.7. The van der Waals surface area contributed by atoms with Gasteiger partial charge in [-0.1, -0.05) is 6.58 Å². The highest BCUT2D eigenvalue weighted by Gasteiger charge is 2.00. The van der Waals surface area contributed by atoms with E-state index in [-0.39, 0.29) is 5.97 Å². The third kappa shape index (κ3) is 16.3. The van der Waals surface area contributed by atoms with Gasteiger partial charge in [0, 0.05) is 25.7 Å². The highest BCUT2D eigenvalue weighted by Crippen LogP contribution is 1.93. The van der Waals surface area contributed by atoms with Crippen molar-refractivity contribution in [3.05, 3.63) is 12.2 Å². The lowest BCUT2D eigenvalue weighted by molar-refractivity contribution is -0.138. The van der Waals surface area contributed by atoms with Gasteiger partial charge in [-0.3, -0.25) is 0 Å². The summed E-state index contributed by atoms with van der Waals surface area (Å²) in [6, 6.07) is 0. The van der Waals surface area contributed by atoms with Crippen molar-refractivity contribution >= 4 is 27.6 Å². The predicted molar refractivity (Wildman–Crippen MR) is 63.7 cm³/mol. The van der Waals surface area contributed by atoms with E-state index >= 15 is 0 Å². The van der Waals surface area contributed by atoms with Crippen molar-refractivity contribution in [3.8, 4) is 0 Å². The van der Waals surface area contributed by atoms with E-state index < -0.39 is 10.0 Å². The summed E-state index contributed by atoms with van der Waals surface area (Å²) in [5.74, 6) is 0.175. The third-order valence-electron chi connectivity index (χ3n) is 1.10. The van der Waals surface area contributed by atoms with Crippen molar-refractivity contribution in [1.29, 1.82) is 0 Å². The van der Waals surface area contributed by atoms with Crippen molar-refractivity contribution < 1.29 is 18.4 Å². The zero-order valence-corrected chi connectivity index (χ0v) is 11.7. The van der Waals surface area contributed by atoms with Crippen LogP contribution in [0.3, 0.4) is 0 Å². The van der Waals surface area contributed by atoms with Crippen LogP contribution < -0.4 is 0 Å². The first kappa shape index (κ1) is 17.0. The van der Waals surface area contributed by atoms with E-state index in [4.69, 9.17) is 16.3 Å². The lowest BCUT2D eigenvalue weighted by atomic mass is 10.4. The lowest BCUT2D eigenvalue weighted by Crippen LogP contribution is -2.06. The monoisotopic (exact) mass is 254 g/mol. The van der Waals surface area contributed by atoms with Crippen LogP contribution in [-0.4, -0.2) is 42.7 Å². The smallest absolute Gasteiger partial charge is 0.333 e. The molecule has 0 aromatic carbocycles. The molecule has 0 spiro atoms. The van der Waals surface area contributed by atoms with Gasteiger partial charge in [0.1, 0.15) is 0 Å². The quantitative estimate of drug-likeness (QED) is 0.233. The predicted octanol–water partition coefficient (Wildman–Crippen LogP) is 1.01.